The van der Waals surface area contributed by atoms with Crippen LogP contribution in [0.2, 0.25) is 0 Å². The molecule has 0 radical (unpaired) electrons. The molecule has 1 fully saturated rings. The predicted octanol–water partition coefficient (Wildman–Crippen LogP) is 4.01. The molecule has 3 rings (SSSR count). The SMILES string of the molecule is CCC1(CNc2ncnc3ccccc23)CCCC1. The van der Waals surface area contributed by atoms with Crippen molar-refractivity contribution in [1.29, 1.82) is 0 Å². The lowest BCUT2D eigenvalue weighted by Crippen LogP contribution is -2.26. The maximum absolute atomic E-state index is 4.41. The lowest BCUT2D eigenvalue weighted by molar-refractivity contribution is 0.306. The quantitative estimate of drug-likeness (QED) is 0.897. The Labute approximate surface area is 114 Å². The molecule has 0 aliphatic heterocycles. The third kappa shape index (κ3) is 2.42. The topological polar surface area (TPSA) is 37.8 Å². The second-order valence-corrected chi connectivity index (χ2v) is 5.65. The molecule has 3 heteroatoms. The van der Waals surface area contributed by atoms with E-state index in [2.05, 4.69) is 28.3 Å². The Morgan fingerprint density at radius 2 is 1.95 bits per heavy atom. The molecule has 1 aromatic heterocycles. The van der Waals surface area contributed by atoms with Crippen molar-refractivity contribution in [3.8, 4) is 0 Å². The van der Waals surface area contributed by atoms with Gasteiger partial charge in [0.2, 0.25) is 0 Å². The molecule has 0 unspecified atom stereocenters. The molecule has 1 heterocycles. The molecule has 1 aromatic carbocycles. The summed E-state index contributed by atoms with van der Waals surface area (Å²) in [7, 11) is 0. The van der Waals surface area contributed by atoms with Gasteiger partial charge < -0.3 is 5.32 Å². The number of fused-ring (bicyclic) bond motifs is 1. The summed E-state index contributed by atoms with van der Waals surface area (Å²) in [5.41, 5.74) is 1.49. The zero-order valence-corrected chi connectivity index (χ0v) is 11.5. The molecule has 1 aliphatic rings. The molecule has 1 aliphatic carbocycles. The summed E-state index contributed by atoms with van der Waals surface area (Å²) in [6.07, 6.45) is 8.35. The van der Waals surface area contributed by atoms with E-state index in [0.717, 1.165) is 23.3 Å². The predicted molar refractivity (Wildman–Crippen MR) is 79.2 cm³/mol. The van der Waals surface area contributed by atoms with Crippen LogP contribution in [0, 0.1) is 5.41 Å². The molecule has 0 atom stereocenters. The van der Waals surface area contributed by atoms with Gasteiger partial charge in [-0.25, -0.2) is 9.97 Å². The van der Waals surface area contributed by atoms with Crippen LogP contribution in [0.15, 0.2) is 30.6 Å². The number of nitrogens with one attached hydrogen (secondary N) is 1. The van der Waals surface area contributed by atoms with Gasteiger partial charge in [-0.15, -0.1) is 0 Å². The third-order valence-electron chi connectivity index (χ3n) is 4.59. The first-order valence-corrected chi connectivity index (χ1v) is 7.27. The molecule has 1 saturated carbocycles. The van der Waals surface area contributed by atoms with Crippen molar-refractivity contribution in [2.75, 3.05) is 11.9 Å². The lowest BCUT2D eigenvalue weighted by Gasteiger charge is -2.28. The Kier molecular flexibility index (Phi) is 3.36. The second kappa shape index (κ2) is 5.16. The monoisotopic (exact) mass is 255 g/mol. The fourth-order valence-electron chi connectivity index (χ4n) is 3.20. The Bertz CT molecular complexity index is 553. The first-order valence-electron chi connectivity index (χ1n) is 7.27. The average molecular weight is 255 g/mol. The van der Waals surface area contributed by atoms with Crippen molar-refractivity contribution < 1.29 is 0 Å². The second-order valence-electron chi connectivity index (χ2n) is 5.65. The van der Waals surface area contributed by atoms with E-state index in [9.17, 15) is 0 Å². The van der Waals surface area contributed by atoms with Crippen molar-refractivity contribution >= 4 is 16.7 Å². The molecule has 0 bridgehead atoms. The molecule has 100 valence electrons. The maximum Gasteiger partial charge on any atom is 0.137 e. The standard InChI is InChI=1S/C16H21N3/c1-2-16(9-5-6-10-16)11-17-15-13-7-3-4-8-14(13)18-12-19-15/h3-4,7-8,12H,2,5-6,9-11H2,1H3,(H,17,18,19). The van der Waals surface area contributed by atoms with Gasteiger partial charge >= 0.3 is 0 Å². The van der Waals surface area contributed by atoms with Gasteiger partial charge in [-0.2, -0.15) is 0 Å². The van der Waals surface area contributed by atoms with E-state index in [1.165, 1.54) is 32.1 Å². The minimum absolute atomic E-state index is 0.478. The van der Waals surface area contributed by atoms with Crippen LogP contribution in [-0.2, 0) is 0 Å². The van der Waals surface area contributed by atoms with Crippen molar-refractivity contribution in [1.82, 2.24) is 9.97 Å². The number of benzene rings is 1. The Morgan fingerprint density at radius 3 is 2.74 bits per heavy atom. The van der Waals surface area contributed by atoms with Gasteiger partial charge in [0.15, 0.2) is 0 Å². The van der Waals surface area contributed by atoms with Gasteiger partial charge in [0.05, 0.1) is 5.52 Å². The van der Waals surface area contributed by atoms with Crippen molar-refractivity contribution in [2.24, 2.45) is 5.41 Å². The van der Waals surface area contributed by atoms with Crippen LogP contribution in [0.5, 0.6) is 0 Å². The Balaban J connectivity index is 1.82. The van der Waals surface area contributed by atoms with Gasteiger partial charge in [-0.05, 0) is 36.8 Å². The van der Waals surface area contributed by atoms with Crippen molar-refractivity contribution in [3.05, 3.63) is 30.6 Å². The lowest BCUT2D eigenvalue weighted by atomic mass is 9.83. The number of hydrogen-bond acceptors (Lipinski definition) is 3. The van der Waals surface area contributed by atoms with Gasteiger partial charge in [0, 0.05) is 11.9 Å². The number of para-hydroxylation sites is 1. The highest BCUT2D eigenvalue weighted by Gasteiger charge is 2.31. The van der Waals surface area contributed by atoms with E-state index < -0.39 is 0 Å². The molecule has 3 nitrogen and oxygen atoms in total. The number of nitrogens with zero attached hydrogens (tertiary/aromatic N) is 2. The number of aromatic nitrogens is 2. The van der Waals surface area contributed by atoms with E-state index in [4.69, 9.17) is 0 Å². The molecule has 0 amide bonds. The Hall–Kier alpha value is -1.64. The van der Waals surface area contributed by atoms with Crippen LogP contribution in [0.3, 0.4) is 0 Å². The number of anilines is 1. The van der Waals surface area contributed by atoms with E-state index in [-0.39, 0.29) is 0 Å². The molecule has 2 aromatic rings. The molecule has 0 spiro atoms. The smallest absolute Gasteiger partial charge is 0.137 e. The highest BCUT2D eigenvalue weighted by molar-refractivity contribution is 5.88. The summed E-state index contributed by atoms with van der Waals surface area (Å²) in [4.78, 5) is 8.72. The number of hydrogen-bond donors (Lipinski definition) is 1. The number of rotatable bonds is 4. The molecule has 0 saturated heterocycles. The largest absolute Gasteiger partial charge is 0.369 e. The summed E-state index contributed by atoms with van der Waals surface area (Å²) in [5, 5.41) is 4.69. The zero-order chi connectivity index (χ0) is 13.1. The van der Waals surface area contributed by atoms with Gasteiger partial charge in [-0.1, -0.05) is 31.9 Å². The molecular formula is C16H21N3. The van der Waals surface area contributed by atoms with Gasteiger partial charge in [0.1, 0.15) is 12.1 Å². The van der Waals surface area contributed by atoms with Crippen LogP contribution >= 0.6 is 0 Å². The van der Waals surface area contributed by atoms with E-state index in [1.807, 2.05) is 18.2 Å². The summed E-state index contributed by atoms with van der Waals surface area (Å²) >= 11 is 0. The third-order valence-corrected chi connectivity index (χ3v) is 4.59. The summed E-state index contributed by atoms with van der Waals surface area (Å²) < 4.78 is 0. The summed E-state index contributed by atoms with van der Waals surface area (Å²) in [6, 6.07) is 8.18. The van der Waals surface area contributed by atoms with E-state index in [1.54, 1.807) is 6.33 Å². The molecular weight excluding hydrogens is 234 g/mol. The highest BCUT2D eigenvalue weighted by Crippen LogP contribution is 2.41. The Morgan fingerprint density at radius 1 is 1.16 bits per heavy atom. The molecule has 19 heavy (non-hydrogen) atoms. The maximum atomic E-state index is 4.41. The first-order chi connectivity index (χ1) is 9.33. The van der Waals surface area contributed by atoms with Crippen LogP contribution in [0.4, 0.5) is 5.82 Å². The van der Waals surface area contributed by atoms with Crippen LogP contribution in [0.1, 0.15) is 39.0 Å². The normalized spacial score (nSPS) is 17.7. The summed E-state index contributed by atoms with van der Waals surface area (Å²) in [5.74, 6) is 0.977. The highest BCUT2D eigenvalue weighted by atomic mass is 15.0. The first kappa shape index (κ1) is 12.4. The minimum atomic E-state index is 0.478. The van der Waals surface area contributed by atoms with Gasteiger partial charge in [0.25, 0.3) is 0 Å². The van der Waals surface area contributed by atoms with E-state index >= 15 is 0 Å². The minimum Gasteiger partial charge on any atom is -0.369 e. The zero-order valence-electron chi connectivity index (χ0n) is 11.5. The van der Waals surface area contributed by atoms with Crippen molar-refractivity contribution in [2.45, 2.75) is 39.0 Å². The van der Waals surface area contributed by atoms with E-state index in [0.29, 0.717) is 5.41 Å². The fraction of sp³-hybridized carbons (Fsp3) is 0.500. The average Bonchev–Trinajstić information content (AvgIpc) is 2.94. The molecule has 1 N–H and O–H groups in total. The summed E-state index contributed by atoms with van der Waals surface area (Å²) in [6.45, 7) is 3.34. The van der Waals surface area contributed by atoms with Crippen molar-refractivity contribution in [3.63, 3.8) is 0 Å². The van der Waals surface area contributed by atoms with Crippen LogP contribution < -0.4 is 5.32 Å². The van der Waals surface area contributed by atoms with Gasteiger partial charge in [-0.3, -0.25) is 0 Å². The fourth-order valence-corrected chi connectivity index (χ4v) is 3.20. The van der Waals surface area contributed by atoms with Crippen LogP contribution in [0.25, 0.3) is 10.9 Å². The van der Waals surface area contributed by atoms with Crippen LogP contribution in [-0.4, -0.2) is 16.5 Å².